The Morgan fingerprint density at radius 2 is 1.85 bits per heavy atom. The second-order valence-electron chi connectivity index (χ2n) is 4.33. The van der Waals surface area contributed by atoms with Gasteiger partial charge in [0.05, 0.1) is 13.2 Å². The van der Waals surface area contributed by atoms with Crippen molar-refractivity contribution in [3.05, 3.63) is 29.8 Å². The highest BCUT2D eigenvalue weighted by Gasteiger charge is 2.15. The van der Waals surface area contributed by atoms with Crippen LogP contribution in [0.3, 0.4) is 0 Å². The number of carbonyl (C=O) groups is 1. The third kappa shape index (κ3) is 5.54. The Kier molecular flexibility index (Phi) is 6.26. The lowest BCUT2D eigenvalue weighted by molar-refractivity contribution is -0.144. The molecule has 0 saturated heterocycles. The van der Waals surface area contributed by atoms with Gasteiger partial charge in [-0.05, 0) is 38.1 Å². The number of carbonyl (C=O) groups excluding carboxylic acids is 1. The van der Waals surface area contributed by atoms with Crippen molar-refractivity contribution in [2.45, 2.75) is 32.5 Å². The first-order chi connectivity index (χ1) is 9.55. The van der Waals surface area contributed by atoms with Gasteiger partial charge in [0.2, 0.25) is 0 Å². The molecule has 0 aromatic heterocycles. The molecule has 2 atom stereocenters. The minimum atomic E-state index is -0.684. The Morgan fingerprint density at radius 3 is 2.40 bits per heavy atom. The van der Waals surface area contributed by atoms with Gasteiger partial charge in [0.25, 0.3) is 0 Å². The van der Waals surface area contributed by atoms with E-state index in [-0.39, 0.29) is 12.2 Å². The average molecular weight is 278 g/mol. The summed E-state index contributed by atoms with van der Waals surface area (Å²) in [6.45, 7) is 3.63. The van der Waals surface area contributed by atoms with Crippen LogP contribution in [0.2, 0.25) is 0 Å². The number of nitrogens with zero attached hydrogens (tertiary/aromatic N) is 2. The number of hydrogen-bond acceptors (Lipinski definition) is 4. The topological polar surface area (TPSA) is 81.2 Å². The molecule has 108 valence electrons. The van der Waals surface area contributed by atoms with Crippen LogP contribution in [0.4, 0.5) is 0 Å². The van der Waals surface area contributed by atoms with Crippen molar-refractivity contribution < 1.29 is 23.8 Å². The molecule has 0 unspecified atom stereocenters. The molecule has 0 radical (unpaired) electrons. The van der Waals surface area contributed by atoms with E-state index in [1.54, 1.807) is 14.0 Å². The fourth-order valence-electron chi connectivity index (χ4n) is 1.73. The molecule has 0 saturated carbocycles. The van der Waals surface area contributed by atoms with Crippen LogP contribution in [0.25, 0.3) is 5.53 Å². The average Bonchev–Trinajstić information content (AvgIpc) is 2.39. The molecule has 0 heterocycles. The Labute approximate surface area is 117 Å². The molecule has 0 aliphatic heterocycles. The number of esters is 1. The van der Waals surface area contributed by atoms with Crippen LogP contribution < -0.4 is 9.47 Å². The molecule has 20 heavy (non-hydrogen) atoms. The third-order valence-electron chi connectivity index (χ3n) is 2.54. The molecule has 1 aromatic carbocycles. The summed E-state index contributed by atoms with van der Waals surface area (Å²) in [5.74, 6) is 0.793. The second-order valence-corrected chi connectivity index (χ2v) is 4.33. The van der Waals surface area contributed by atoms with Crippen LogP contribution in [0, 0.1) is 0 Å². The lowest BCUT2D eigenvalue weighted by Gasteiger charge is -2.18. The second kappa shape index (κ2) is 7.96. The van der Waals surface area contributed by atoms with Gasteiger partial charge < -0.3 is 19.7 Å². The first kappa shape index (κ1) is 15.7. The summed E-state index contributed by atoms with van der Waals surface area (Å²) >= 11 is 0. The van der Waals surface area contributed by atoms with Crippen molar-refractivity contribution in [3.63, 3.8) is 0 Å². The minimum absolute atomic E-state index is 0.128. The van der Waals surface area contributed by atoms with E-state index in [1.807, 2.05) is 31.2 Å². The van der Waals surface area contributed by atoms with E-state index >= 15 is 0 Å². The van der Waals surface area contributed by atoms with Crippen molar-refractivity contribution in [3.8, 4) is 11.5 Å². The zero-order valence-corrected chi connectivity index (χ0v) is 11.8. The van der Waals surface area contributed by atoms with Gasteiger partial charge in [-0.2, -0.15) is 4.79 Å². The fraction of sp³-hybridized carbons (Fsp3) is 0.429. The molecule has 1 aromatic rings. The highest BCUT2D eigenvalue weighted by Crippen LogP contribution is 2.19. The zero-order valence-electron chi connectivity index (χ0n) is 11.8. The van der Waals surface area contributed by atoms with Crippen LogP contribution in [-0.2, 0) is 9.53 Å². The van der Waals surface area contributed by atoms with Crippen molar-refractivity contribution in [1.29, 1.82) is 0 Å². The molecule has 0 aliphatic carbocycles. The minimum Gasteiger partial charge on any atom is -0.497 e. The van der Waals surface area contributed by atoms with Crippen molar-refractivity contribution >= 4 is 12.2 Å². The van der Waals surface area contributed by atoms with Gasteiger partial charge in [0.1, 0.15) is 17.6 Å². The van der Waals surface area contributed by atoms with Crippen molar-refractivity contribution in [2.75, 3.05) is 7.11 Å². The summed E-state index contributed by atoms with van der Waals surface area (Å²) in [5.41, 5.74) is 8.20. The molecule has 0 bridgehead atoms. The van der Waals surface area contributed by atoms with Crippen LogP contribution in [0.1, 0.15) is 20.3 Å². The third-order valence-corrected chi connectivity index (χ3v) is 2.54. The summed E-state index contributed by atoms with van der Waals surface area (Å²) in [6, 6.07) is 7.24. The predicted molar refractivity (Wildman–Crippen MR) is 72.9 cm³/mol. The van der Waals surface area contributed by atoms with E-state index in [2.05, 4.69) is 4.79 Å². The van der Waals surface area contributed by atoms with Gasteiger partial charge in [0, 0.05) is 6.42 Å². The van der Waals surface area contributed by atoms with E-state index in [4.69, 9.17) is 19.7 Å². The zero-order chi connectivity index (χ0) is 15.0. The highest BCUT2D eigenvalue weighted by molar-refractivity contribution is 6.20. The molecule has 0 amide bonds. The molecule has 0 N–H and O–H groups in total. The molecule has 1 rings (SSSR count). The van der Waals surface area contributed by atoms with E-state index in [9.17, 15) is 4.79 Å². The van der Waals surface area contributed by atoms with E-state index in [0.717, 1.165) is 5.75 Å². The summed E-state index contributed by atoms with van der Waals surface area (Å²) in [4.78, 5) is 13.7. The number of methoxy groups -OCH3 is 1. The molecule has 6 nitrogen and oxygen atoms in total. The Bertz CT molecular complexity index is 480. The monoisotopic (exact) mass is 278 g/mol. The van der Waals surface area contributed by atoms with Gasteiger partial charge in [-0.3, -0.25) is 0 Å². The largest absolute Gasteiger partial charge is 0.497 e. The highest BCUT2D eigenvalue weighted by atomic mass is 16.5. The SMILES string of the molecule is COc1ccc(O[C@@H](C)C[C@@H](C)OC(=O)C=[N+]=[N-])cc1. The van der Waals surface area contributed by atoms with Crippen molar-refractivity contribution in [1.82, 2.24) is 0 Å². The molecule has 6 heteroatoms. The number of benzene rings is 1. The molecular weight excluding hydrogens is 260 g/mol. The van der Waals surface area contributed by atoms with E-state index < -0.39 is 5.97 Å². The summed E-state index contributed by atoms with van der Waals surface area (Å²) in [5, 5.41) is 0. The van der Waals surface area contributed by atoms with Gasteiger partial charge in [-0.15, -0.1) is 0 Å². The molecule has 0 fully saturated rings. The quantitative estimate of drug-likeness (QED) is 0.331. The number of ether oxygens (including phenoxy) is 3. The van der Waals surface area contributed by atoms with Crippen LogP contribution in [0.15, 0.2) is 24.3 Å². The number of hydrogen-bond donors (Lipinski definition) is 0. The lowest BCUT2D eigenvalue weighted by atomic mass is 10.2. The maximum Gasteiger partial charge on any atom is 0.413 e. The van der Waals surface area contributed by atoms with Crippen LogP contribution >= 0.6 is 0 Å². The Balaban J connectivity index is 2.43. The van der Waals surface area contributed by atoms with E-state index in [1.165, 1.54) is 0 Å². The number of rotatable bonds is 7. The summed E-state index contributed by atoms with van der Waals surface area (Å²) in [6.07, 6.45) is 0.772. The van der Waals surface area contributed by atoms with Gasteiger partial charge >= 0.3 is 12.2 Å². The summed E-state index contributed by atoms with van der Waals surface area (Å²) in [7, 11) is 1.60. The van der Waals surface area contributed by atoms with Crippen molar-refractivity contribution in [2.24, 2.45) is 0 Å². The standard InChI is InChI=1S/C14H18N2O4/c1-10(8-11(2)20-14(17)9-16-15)19-13-6-4-12(18-3)5-7-13/h4-7,9-11H,8H2,1-3H3/t10-,11+/m0/s1. The van der Waals surface area contributed by atoms with Gasteiger partial charge in [0.15, 0.2) is 0 Å². The smallest absolute Gasteiger partial charge is 0.413 e. The normalized spacial score (nSPS) is 12.8. The lowest BCUT2D eigenvalue weighted by Crippen LogP contribution is -2.23. The van der Waals surface area contributed by atoms with Crippen LogP contribution in [-0.4, -0.2) is 36.3 Å². The molecule has 0 aliphatic rings. The Morgan fingerprint density at radius 1 is 1.25 bits per heavy atom. The maximum absolute atomic E-state index is 11.1. The van der Waals surface area contributed by atoms with E-state index in [0.29, 0.717) is 18.4 Å². The fourth-order valence-corrected chi connectivity index (χ4v) is 1.73. The first-order valence-corrected chi connectivity index (χ1v) is 6.24. The predicted octanol–water partition coefficient (Wildman–Crippen LogP) is 2.08. The summed E-state index contributed by atoms with van der Waals surface area (Å²) < 4.78 is 15.7. The first-order valence-electron chi connectivity index (χ1n) is 6.24. The van der Waals surface area contributed by atoms with Gasteiger partial charge in [-0.1, -0.05) is 0 Å². The Hall–Kier alpha value is -2.33. The van der Waals surface area contributed by atoms with Gasteiger partial charge in [-0.25, -0.2) is 4.79 Å². The van der Waals surface area contributed by atoms with Crippen LogP contribution in [0.5, 0.6) is 11.5 Å². The maximum atomic E-state index is 11.1. The molecule has 0 spiro atoms. The molecular formula is C14H18N2O4.